The molecule has 1 aliphatic rings. The normalized spacial score (nSPS) is 17.7. The Morgan fingerprint density at radius 1 is 1.28 bits per heavy atom. The van der Waals surface area contributed by atoms with E-state index >= 15 is 0 Å². The summed E-state index contributed by atoms with van der Waals surface area (Å²) in [4.78, 5) is 14.6. The summed E-state index contributed by atoms with van der Waals surface area (Å²) in [7, 11) is 0. The van der Waals surface area contributed by atoms with E-state index in [0.717, 1.165) is 31.4 Å². The van der Waals surface area contributed by atoms with Crippen LogP contribution in [0, 0.1) is 6.92 Å². The fraction of sp³-hybridized carbons (Fsp3) is 0.500. The first-order valence-electron chi connectivity index (χ1n) is 8.80. The minimum absolute atomic E-state index is 0.163. The van der Waals surface area contributed by atoms with Crippen molar-refractivity contribution < 1.29 is 4.79 Å². The average Bonchev–Trinajstić information content (AvgIpc) is 3.01. The van der Waals surface area contributed by atoms with Gasteiger partial charge in [0.2, 0.25) is 11.1 Å². The summed E-state index contributed by atoms with van der Waals surface area (Å²) in [5, 5.41) is 8.89. The Morgan fingerprint density at radius 3 is 2.76 bits per heavy atom. The van der Waals surface area contributed by atoms with E-state index in [-0.39, 0.29) is 5.91 Å². The van der Waals surface area contributed by atoms with Gasteiger partial charge < -0.3 is 10.7 Å². The molecule has 25 heavy (non-hydrogen) atoms. The lowest BCUT2D eigenvalue weighted by Crippen LogP contribution is -2.44. The Balaban J connectivity index is 1.65. The zero-order valence-electron chi connectivity index (χ0n) is 14.8. The number of hydrogen-bond acceptors (Lipinski definition) is 5. The van der Waals surface area contributed by atoms with Crippen LogP contribution in [0.15, 0.2) is 29.4 Å². The van der Waals surface area contributed by atoms with E-state index in [1.54, 1.807) is 0 Å². The maximum absolute atomic E-state index is 12.6. The fourth-order valence-electron chi connectivity index (χ4n) is 3.24. The molecule has 0 bridgehead atoms. The van der Waals surface area contributed by atoms with E-state index in [4.69, 9.17) is 5.84 Å². The minimum Gasteiger partial charge on any atom is -0.339 e. The number of carbonyl (C=O) groups excluding carboxylic acids is 1. The number of carbonyl (C=O) groups is 1. The summed E-state index contributed by atoms with van der Waals surface area (Å²) in [6.45, 7) is 5.05. The lowest BCUT2D eigenvalue weighted by molar-refractivity contribution is -0.132. The number of hydrogen-bond donors (Lipinski definition) is 1. The Kier molecular flexibility index (Phi) is 5.63. The van der Waals surface area contributed by atoms with Crippen LogP contribution in [0.3, 0.4) is 0 Å². The number of rotatable bonds is 5. The highest BCUT2D eigenvalue weighted by Gasteiger charge is 2.25. The van der Waals surface area contributed by atoms with Gasteiger partial charge in [0.1, 0.15) is 0 Å². The fourth-order valence-corrected chi connectivity index (χ4v) is 3.98. The molecule has 1 aliphatic heterocycles. The molecule has 0 saturated carbocycles. The van der Waals surface area contributed by atoms with Gasteiger partial charge in [-0.25, -0.2) is 4.68 Å². The van der Waals surface area contributed by atoms with Crippen molar-refractivity contribution in [1.82, 2.24) is 19.8 Å². The Morgan fingerprint density at radius 2 is 2.04 bits per heavy atom. The number of aryl methyl sites for hydroxylation is 1. The lowest BCUT2D eigenvalue weighted by Gasteiger charge is -2.35. The molecule has 1 aromatic carbocycles. The first kappa shape index (κ1) is 17.8. The third-order valence-corrected chi connectivity index (χ3v) is 5.65. The van der Waals surface area contributed by atoms with Crippen molar-refractivity contribution in [3.8, 4) is 11.4 Å². The average molecular weight is 359 g/mol. The standard InChI is InChI=1S/C18H25N5OS/c1-3-15-6-4-5-11-22(15)16(24)12-25-18-21-20-17(23(18)19)14-9-7-13(2)8-10-14/h7-10,15H,3-6,11-12,19H2,1-2H3/t15-/m1/s1. The molecule has 3 rings (SSSR count). The predicted octanol–water partition coefficient (Wildman–Crippen LogP) is 2.85. The molecule has 1 fully saturated rings. The van der Waals surface area contributed by atoms with Crippen LogP contribution >= 0.6 is 11.8 Å². The predicted molar refractivity (Wildman–Crippen MR) is 101 cm³/mol. The SMILES string of the molecule is CC[C@@H]1CCCCN1C(=O)CSc1nnc(-c2ccc(C)cc2)n1N. The molecule has 1 saturated heterocycles. The van der Waals surface area contributed by atoms with Gasteiger partial charge in [0, 0.05) is 18.2 Å². The van der Waals surface area contributed by atoms with E-state index in [1.165, 1.54) is 28.4 Å². The molecule has 2 N–H and O–H groups in total. The minimum atomic E-state index is 0.163. The quantitative estimate of drug-likeness (QED) is 0.656. The van der Waals surface area contributed by atoms with Gasteiger partial charge in [-0.05, 0) is 32.6 Å². The molecule has 0 aliphatic carbocycles. The summed E-state index contributed by atoms with van der Waals surface area (Å²) in [6.07, 6.45) is 4.43. The van der Waals surface area contributed by atoms with E-state index in [1.807, 2.05) is 36.1 Å². The van der Waals surface area contributed by atoms with Gasteiger partial charge >= 0.3 is 0 Å². The largest absolute Gasteiger partial charge is 0.339 e. The summed E-state index contributed by atoms with van der Waals surface area (Å²) >= 11 is 1.35. The van der Waals surface area contributed by atoms with E-state index in [2.05, 4.69) is 17.1 Å². The van der Waals surface area contributed by atoms with Crippen LogP contribution in [0.25, 0.3) is 11.4 Å². The van der Waals surface area contributed by atoms with Gasteiger partial charge in [0.15, 0.2) is 5.82 Å². The second-order valence-electron chi connectivity index (χ2n) is 6.48. The number of amides is 1. The van der Waals surface area contributed by atoms with Gasteiger partial charge in [-0.15, -0.1) is 10.2 Å². The molecule has 134 valence electrons. The second kappa shape index (κ2) is 7.91. The Labute approximate surface area is 152 Å². The van der Waals surface area contributed by atoms with Gasteiger partial charge in [-0.3, -0.25) is 4.79 Å². The van der Waals surface area contributed by atoms with Crippen molar-refractivity contribution in [2.24, 2.45) is 0 Å². The van der Waals surface area contributed by atoms with E-state index in [9.17, 15) is 4.79 Å². The van der Waals surface area contributed by atoms with Crippen LogP contribution in [0.1, 0.15) is 38.2 Å². The zero-order valence-corrected chi connectivity index (χ0v) is 15.6. The van der Waals surface area contributed by atoms with Crippen molar-refractivity contribution >= 4 is 17.7 Å². The van der Waals surface area contributed by atoms with Crippen molar-refractivity contribution in [1.29, 1.82) is 0 Å². The van der Waals surface area contributed by atoms with Crippen LogP contribution < -0.4 is 5.84 Å². The zero-order chi connectivity index (χ0) is 17.8. The summed E-state index contributed by atoms with van der Waals surface area (Å²) in [6, 6.07) is 8.35. The van der Waals surface area contributed by atoms with Crippen molar-refractivity contribution in [2.45, 2.75) is 50.7 Å². The molecule has 2 heterocycles. The molecular weight excluding hydrogens is 334 g/mol. The molecule has 0 spiro atoms. The lowest BCUT2D eigenvalue weighted by atomic mass is 10.0. The highest BCUT2D eigenvalue weighted by atomic mass is 32.2. The number of likely N-dealkylation sites (tertiary alicyclic amines) is 1. The van der Waals surface area contributed by atoms with Gasteiger partial charge in [0.05, 0.1) is 5.75 Å². The van der Waals surface area contributed by atoms with E-state index in [0.29, 0.717) is 22.8 Å². The topological polar surface area (TPSA) is 77.0 Å². The van der Waals surface area contributed by atoms with Crippen LogP contribution in [0.2, 0.25) is 0 Å². The van der Waals surface area contributed by atoms with Crippen LogP contribution in [-0.2, 0) is 4.79 Å². The number of aromatic nitrogens is 3. The molecule has 6 nitrogen and oxygen atoms in total. The maximum Gasteiger partial charge on any atom is 0.233 e. The first-order chi connectivity index (χ1) is 12.1. The van der Waals surface area contributed by atoms with Gasteiger partial charge in [0.25, 0.3) is 0 Å². The third-order valence-electron chi connectivity index (χ3n) is 4.72. The number of nitrogens with zero attached hydrogens (tertiary/aromatic N) is 4. The smallest absolute Gasteiger partial charge is 0.233 e. The highest BCUT2D eigenvalue weighted by molar-refractivity contribution is 7.99. The number of nitrogens with two attached hydrogens (primary N) is 1. The number of piperidine rings is 1. The first-order valence-corrected chi connectivity index (χ1v) is 9.78. The van der Waals surface area contributed by atoms with Crippen LogP contribution in [0.4, 0.5) is 0 Å². The van der Waals surface area contributed by atoms with Crippen molar-refractivity contribution in [2.75, 3.05) is 18.1 Å². The molecule has 0 radical (unpaired) electrons. The monoisotopic (exact) mass is 359 g/mol. The van der Waals surface area contributed by atoms with Gasteiger partial charge in [-0.2, -0.15) is 0 Å². The molecule has 1 amide bonds. The maximum atomic E-state index is 12.6. The number of benzene rings is 1. The van der Waals surface area contributed by atoms with E-state index < -0.39 is 0 Å². The summed E-state index contributed by atoms with van der Waals surface area (Å²) in [5.74, 6) is 7.26. The Bertz CT molecular complexity index is 728. The van der Waals surface area contributed by atoms with Crippen molar-refractivity contribution in [3.63, 3.8) is 0 Å². The van der Waals surface area contributed by atoms with Gasteiger partial charge in [-0.1, -0.05) is 48.5 Å². The molecular formula is C18H25N5OS. The second-order valence-corrected chi connectivity index (χ2v) is 7.42. The number of thioether (sulfide) groups is 1. The number of nitrogen functional groups attached to an aromatic ring is 1. The van der Waals surface area contributed by atoms with Crippen LogP contribution in [-0.4, -0.2) is 44.0 Å². The third kappa shape index (κ3) is 3.98. The van der Waals surface area contributed by atoms with Crippen LogP contribution in [0.5, 0.6) is 0 Å². The summed E-state index contributed by atoms with van der Waals surface area (Å²) in [5.41, 5.74) is 2.10. The molecule has 1 atom stereocenters. The molecule has 1 aromatic heterocycles. The highest BCUT2D eigenvalue weighted by Crippen LogP contribution is 2.24. The molecule has 0 unspecified atom stereocenters. The molecule has 7 heteroatoms. The summed E-state index contributed by atoms with van der Waals surface area (Å²) < 4.78 is 1.47. The van der Waals surface area contributed by atoms with Crippen molar-refractivity contribution in [3.05, 3.63) is 29.8 Å². The Hall–Kier alpha value is -2.02. The molecule has 2 aromatic rings.